The van der Waals surface area contributed by atoms with Gasteiger partial charge in [0.2, 0.25) is 5.91 Å². The van der Waals surface area contributed by atoms with Crippen LogP contribution in [-0.4, -0.2) is 46.4 Å². The highest BCUT2D eigenvalue weighted by molar-refractivity contribution is 5.87. The molecule has 1 aliphatic heterocycles. The van der Waals surface area contributed by atoms with Gasteiger partial charge in [0.05, 0.1) is 5.69 Å². The van der Waals surface area contributed by atoms with E-state index in [4.69, 9.17) is 4.74 Å². The smallest absolute Gasteiger partial charge is 0.407 e. The lowest BCUT2D eigenvalue weighted by molar-refractivity contribution is -0.132. The number of nitrogens with zero attached hydrogens (tertiary/aromatic N) is 3. The Morgan fingerprint density at radius 2 is 2.23 bits per heavy atom. The standard InChI is InChI=1S/C15H16N4O3/c1-18(14(20)13-10-22-15(21)17-13)9-11-3-5-12(6-4-11)19-8-2-7-16-19/h2-8,13H,9-10H2,1H3,(H,17,21)/t13-/m0/s1. The van der Waals surface area contributed by atoms with Crippen molar-refractivity contribution in [1.82, 2.24) is 20.0 Å². The molecule has 2 heterocycles. The number of ether oxygens (including phenoxy) is 1. The number of amides is 2. The average Bonchev–Trinajstić information content (AvgIpc) is 3.18. The lowest BCUT2D eigenvalue weighted by Crippen LogP contribution is -2.43. The van der Waals surface area contributed by atoms with Crippen LogP contribution < -0.4 is 5.32 Å². The summed E-state index contributed by atoms with van der Waals surface area (Å²) in [5.74, 6) is -0.165. The van der Waals surface area contributed by atoms with Crippen LogP contribution in [0.15, 0.2) is 42.7 Å². The molecule has 22 heavy (non-hydrogen) atoms. The van der Waals surface area contributed by atoms with E-state index in [1.54, 1.807) is 22.8 Å². The molecule has 1 N–H and O–H groups in total. The number of alkyl carbamates (subject to hydrolysis) is 1. The number of benzene rings is 1. The Bertz CT molecular complexity index is 667. The molecular formula is C15H16N4O3. The molecule has 3 rings (SSSR count). The molecule has 1 atom stereocenters. The molecule has 0 saturated carbocycles. The van der Waals surface area contributed by atoms with Crippen LogP contribution in [0.5, 0.6) is 0 Å². The van der Waals surface area contributed by atoms with Gasteiger partial charge in [-0.3, -0.25) is 4.79 Å². The maximum absolute atomic E-state index is 12.2. The van der Waals surface area contributed by atoms with Gasteiger partial charge in [-0.2, -0.15) is 5.10 Å². The molecule has 0 unspecified atom stereocenters. The third-order valence-corrected chi connectivity index (χ3v) is 3.47. The molecule has 0 spiro atoms. The minimum absolute atomic E-state index is 0.0836. The summed E-state index contributed by atoms with van der Waals surface area (Å²) in [5.41, 5.74) is 1.95. The first kappa shape index (κ1) is 14.1. The minimum Gasteiger partial charge on any atom is -0.447 e. The third-order valence-electron chi connectivity index (χ3n) is 3.47. The zero-order valence-corrected chi connectivity index (χ0v) is 12.1. The fourth-order valence-electron chi connectivity index (χ4n) is 2.31. The van der Waals surface area contributed by atoms with Crippen LogP contribution in [0.3, 0.4) is 0 Å². The van der Waals surface area contributed by atoms with Gasteiger partial charge in [-0.1, -0.05) is 12.1 Å². The maximum Gasteiger partial charge on any atom is 0.407 e. The van der Waals surface area contributed by atoms with Gasteiger partial charge in [0, 0.05) is 26.0 Å². The van der Waals surface area contributed by atoms with Gasteiger partial charge in [0.15, 0.2) is 0 Å². The zero-order chi connectivity index (χ0) is 15.5. The Labute approximate surface area is 127 Å². The monoisotopic (exact) mass is 300 g/mol. The normalized spacial score (nSPS) is 17.0. The number of rotatable bonds is 4. The Morgan fingerprint density at radius 1 is 1.45 bits per heavy atom. The van der Waals surface area contributed by atoms with Crippen molar-refractivity contribution in [1.29, 1.82) is 0 Å². The first-order valence-corrected chi connectivity index (χ1v) is 6.91. The van der Waals surface area contributed by atoms with E-state index in [0.29, 0.717) is 6.54 Å². The van der Waals surface area contributed by atoms with E-state index in [9.17, 15) is 9.59 Å². The summed E-state index contributed by atoms with van der Waals surface area (Å²) in [4.78, 5) is 24.7. The second kappa shape index (κ2) is 5.88. The van der Waals surface area contributed by atoms with Gasteiger partial charge in [0.25, 0.3) is 0 Å². The minimum atomic E-state index is -0.596. The Balaban J connectivity index is 1.63. The Morgan fingerprint density at radius 3 is 2.82 bits per heavy atom. The van der Waals surface area contributed by atoms with E-state index in [2.05, 4.69) is 10.4 Å². The van der Waals surface area contributed by atoms with Crippen molar-refractivity contribution in [3.05, 3.63) is 48.3 Å². The van der Waals surface area contributed by atoms with Crippen molar-refractivity contribution in [3.8, 4) is 5.69 Å². The third kappa shape index (κ3) is 2.93. The first-order chi connectivity index (χ1) is 10.6. The number of cyclic esters (lactones) is 1. The highest BCUT2D eigenvalue weighted by Crippen LogP contribution is 2.11. The van der Waals surface area contributed by atoms with Crippen LogP contribution in [-0.2, 0) is 16.1 Å². The Kier molecular flexibility index (Phi) is 3.78. The largest absolute Gasteiger partial charge is 0.447 e. The molecule has 114 valence electrons. The fourth-order valence-corrected chi connectivity index (χ4v) is 2.31. The predicted molar refractivity (Wildman–Crippen MR) is 78.3 cm³/mol. The number of nitrogens with one attached hydrogen (secondary N) is 1. The number of hydrogen-bond donors (Lipinski definition) is 1. The molecule has 0 aliphatic carbocycles. The fraction of sp³-hybridized carbons (Fsp3) is 0.267. The Hall–Kier alpha value is -2.83. The number of aromatic nitrogens is 2. The molecule has 7 heteroatoms. The molecule has 1 saturated heterocycles. The summed E-state index contributed by atoms with van der Waals surface area (Å²) in [6, 6.07) is 9.05. The lowest BCUT2D eigenvalue weighted by Gasteiger charge is -2.20. The summed E-state index contributed by atoms with van der Waals surface area (Å²) in [5, 5.41) is 6.65. The van der Waals surface area contributed by atoms with Crippen molar-refractivity contribution in [3.63, 3.8) is 0 Å². The summed E-state index contributed by atoms with van der Waals surface area (Å²) < 4.78 is 6.50. The van der Waals surface area contributed by atoms with E-state index >= 15 is 0 Å². The van der Waals surface area contributed by atoms with Crippen molar-refractivity contribution < 1.29 is 14.3 Å². The molecular weight excluding hydrogens is 284 g/mol. The SMILES string of the molecule is CN(Cc1ccc(-n2cccn2)cc1)C(=O)[C@@H]1COC(=O)N1. The van der Waals surface area contributed by atoms with Crippen molar-refractivity contribution >= 4 is 12.0 Å². The highest BCUT2D eigenvalue weighted by Gasteiger charge is 2.30. The summed E-state index contributed by atoms with van der Waals surface area (Å²) >= 11 is 0. The molecule has 1 aromatic carbocycles. The summed E-state index contributed by atoms with van der Waals surface area (Å²) in [6.07, 6.45) is 3.04. The van der Waals surface area contributed by atoms with E-state index < -0.39 is 12.1 Å². The molecule has 1 aliphatic rings. The average molecular weight is 300 g/mol. The van der Waals surface area contributed by atoms with Gasteiger partial charge in [-0.05, 0) is 23.8 Å². The van der Waals surface area contributed by atoms with Crippen LogP contribution >= 0.6 is 0 Å². The second-order valence-electron chi connectivity index (χ2n) is 5.11. The number of likely N-dealkylation sites (N-methyl/N-ethyl adjacent to an activating group) is 1. The zero-order valence-electron chi connectivity index (χ0n) is 12.1. The number of carbonyl (C=O) groups is 2. The summed E-state index contributed by atoms with van der Waals surface area (Å²) in [7, 11) is 1.70. The predicted octanol–water partition coefficient (Wildman–Crippen LogP) is 0.939. The molecule has 2 amide bonds. The van der Waals surface area contributed by atoms with Crippen LogP contribution in [0.4, 0.5) is 4.79 Å². The van der Waals surface area contributed by atoms with Crippen molar-refractivity contribution in [2.45, 2.75) is 12.6 Å². The van der Waals surface area contributed by atoms with Crippen molar-refractivity contribution in [2.24, 2.45) is 0 Å². The van der Waals surface area contributed by atoms with Gasteiger partial charge in [-0.25, -0.2) is 9.48 Å². The van der Waals surface area contributed by atoms with Crippen LogP contribution in [0.25, 0.3) is 5.69 Å². The van der Waals surface area contributed by atoms with E-state index in [-0.39, 0.29) is 12.5 Å². The second-order valence-corrected chi connectivity index (χ2v) is 5.11. The van der Waals surface area contributed by atoms with E-state index in [0.717, 1.165) is 11.3 Å². The van der Waals surface area contributed by atoms with Crippen molar-refractivity contribution in [2.75, 3.05) is 13.7 Å². The first-order valence-electron chi connectivity index (χ1n) is 6.91. The van der Waals surface area contributed by atoms with Gasteiger partial charge in [-0.15, -0.1) is 0 Å². The van der Waals surface area contributed by atoms with E-state index in [1.807, 2.05) is 36.5 Å². The van der Waals surface area contributed by atoms with Crippen LogP contribution in [0.2, 0.25) is 0 Å². The van der Waals surface area contributed by atoms with Crippen LogP contribution in [0.1, 0.15) is 5.56 Å². The molecule has 7 nitrogen and oxygen atoms in total. The molecule has 1 fully saturated rings. The van der Waals surface area contributed by atoms with E-state index in [1.165, 1.54) is 0 Å². The number of carbonyl (C=O) groups excluding carboxylic acids is 2. The molecule has 2 aromatic rings. The maximum atomic E-state index is 12.2. The quantitative estimate of drug-likeness (QED) is 0.911. The van der Waals surface area contributed by atoms with Gasteiger partial charge in [0.1, 0.15) is 12.6 Å². The lowest BCUT2D eigenvalue weighted by atomic mass is 10.2. The molecule has 1 aromatic heterocycles. The summed E-state index contributed by atoms with van der Waals surface area (Å²) in [6.45, 7) is 0.546. The highest BCUT2D eigenvalue weighted by atomic mass is 16.6. The molecule has 0 radical (unpaired) electrons. The van der Waals surface area contributed by atoms with Crippen LogP contribution in [0, 0.1) is 0 Å². The number of hydrogen-bond acceptors (Lipinski definition) is 4. The van der Waals surface area contributed by atoms with Gasteiger partial charge >= 0.3 is 6.09 Å². The topological polar surface area (TPSA) is 76.5 Å². The molecule has 0 bridgehead atoms. The van der Waals surface area contributed by atoms with Gasteiger partial charge < -0.3 is 15.0 Å².